The van der Waals surface area contributed by atoms with Gasteiger partial charge >= 0.3 is 12.4 Å². The number of alkyl halides is 7. The minimum Gasteiger partial charge on any atom is -0.351 e. The van der Waals surface area contributed by atoms with Gasteiger partial charge in [0, 0.05) is 37.1 Å². The van der Waals surface area contributed by atoms with Crippen molar-refractivity contribution in [1.82, 2.24) is 24.6 Å². The molecule has 1 aliphatic heterocycles. The van der Waals surface area contributed by atoms with Crippen LogP contribution in [0.2, 0.25) is 0 Å². The summed E-state index contributed by atoms with van der Waals surface area (Å²) in [6.07, 6.45) is -10.3. The molecule has 17 heteroatoms. The van der Waals surface area contributed by atoms with Gasteiger partial charge in [0.1, 0.15) is 12.2 Å². The van der Waals surface area contributed by atoms with Gasteiger partial charge in [-0.15, -0.1) is 0 Å². The van der Waals surface area contributed by atoms with E-state index in [4.69, 9.17) is 5.26 Å². The van der Waals surface area contributed by atoms with Gasteiger partial charge in [-0.3, -0.25) is 9.78 Å². The van der Waals surface area contributed by atoms with E-state index in [1.165, 1.54) is 19.1 Å². The van der Waals surface area contributed by atoms with Crippen LogP contribution in [0.5, 0.6) is 0 Å². The molecule has 1 aromatic carbocycles. The number of halogens is 7. The Bertz CT molecular complexity index is 1620. The van der Waals surface area contributed by atoms with E-state index in [1.807, 2.05) is 6.07 Å². The van der Waals surface area contributed by atoms with Crippen molar-refractivity contribution in [2.45, 2.75) is 55.4 Å². The van der Waals surface area contributed by atoms with Crippen LogP contribution in [-0.4, -0.2) is 51.8 Å². The summed E-state index contributed by atoms with van der Waals surface area (Å²) < 4.78 is 121. The Morgan fingerprint density at radius 2 is 1.67 bits per heavy atom. The molecule has 0 spiro atoms. The fourth-order valence-electron chi connectivity index (χ4n) is 4.35. The van der Waals surface area contributed by atoms with Crippen molar-refractivity contribution in [2.75, 3.05) is 0 Å². The second kappa shape index (κ2) is 11.2. The Labute approximate surface area is 234 Å². The molecule has 1 aliphatic rings. The van der Waals surface area contributed by atoms with Crippen molar-refractivity contribution >= 4 is 15.9 Å². The largest absolute Gasteiger partial charge is 0.451 e. The fourth-order valence-corrected chi connectivity index (χ4v) is 6.16. The third kappa shape index (κ3) is 6.19. The maximum absolute atomic E-state index is 14.7. The standard InChI is InChI=1S/C25H19F7N6O3S/c1-13-19(26)7-21(38(13)42(40,41)17-4-2-14(8-33)3-5-17)22(39)35-9-15-6-20(34-12-18(15)24(27,28)29)16-10-36-23(37-11-16)25(30,31)32/h2-6,10-13,19,21H,7,9H2,1H3,(H,35,39)/t13-,19+,21-/m0/s1. The highest BCUT2D eigenvalue weighted by Crippen LogP contribution is 2.35. The van der Waals surface area contributed by atoms with Gasteiger partial charge in [-0.1, -0.05) is 0 Å². The number of amides is 1. The second-order valence-corrected chi connectivity index (χ2v) is 11.1. The molecule has 0 radical (unpaired) electrons. The lowest BCUT2D eigenvalue weighted by molar-refractivity contribution is -0.145. The van der Waals surface area contributed by atoms with E-state index in [0.29, 0.717) is 10.5 Å². The van der Waals surface area contributed by atoms with Gasteiger partial charge in [-0.25, -0.2) is 22.8 Å². The van der Waals surface area contributed by atoms with Crippen LogP contribution in [0.1, 0.15) is 35.9 Å². The zero-order valence-electron chi connectivity index (χ0n) is 21.3. The summed E-state index contributed by atoms with van der Waals surface area (Å²) >= 11 is 0. The van der Waals surface area contributed by atoms with Gasteiger partial charge in [-0.2, -0.15) is 35.9 Å². The summed E-state index contributed by atoms with van der Waals surface area (Å²) in [4.78, 5) is 22.7. The van der Waals surface area contributed by atoms with Crippen LogP contribution >= 0.6 is 0 Å². The molecule has 4 rings (SSSR count). The number of pyridine rings is 1. The van der Waals surface area contributed by atoms with Gasteiger partial charge in [0.2, 0.25) is 21.8 Å². The average Bonchev–Trinajstić information content (AvgIpc) is 3.25. The lowest BCUT2D eigenvalue weighted by Gasteiger charge is -2.27. The molecular weight excluding hydrogens is 597 g/mol. The van der Waals surface area contributed by atoms with Gasteiger partial charge in [0.05, 0.1) is 33.8 Å². The first-order valence-corrected chi connectivity index (χ1v) is 13.4. The first-order valence-electron chi connectivity index (χ1n) is 11.9. The van der Waals surface area contributed by atoms with Gasteiger partial charge in [0.25, 0.3) is 0 Å². The van der Waals surface area contributed by atoms with Gasteiger partial charge < -0.3 is 5.32 Å². The highest BCUT2D eigenvalue weighted by Gasteiger charge is 2.49. The Morgan fingerprint density at radius 3 is 2.21 bits per heavy atom. The first-order chi connectivity index (χ1) is 19.5. The fraction of sp³-hybridized carbons (Fsp3) is 0.320. The van der Waals surface area contributed by atoms with Crippen molar-refractivity contribution in [3.05, 3.63) is 71.4 Å². The number of carbonyl (C=O) groups is 1. The van der Waals surface area contributed by atoms with E-state index in [0.717, 1.165) is 30.6 Å². The molecule has 3 aromatic rings. The molecule has 3 heterocycles. The number of nitrogens with zero attached hydrogens (tertiary/aromatic N) is 5. The van der Waals surface area contributed by atoms with Crippen LogP contribution in [0.4, 0.5) is 30.7 Å². The third-order valence-corrected chi connectivity index (χ3v) is 8.50. The quantitative estimate of drug-likeness (QED) is 0.410. The second-order valence-electron chi connectivity index (χ2n) is 9.21. The Morgan fingerprint density at radius 1 is 1.05 bits per heavy atom. The number of benzene rings is 1. The monoisotopic (exact) mass is 616 g/mol. The number of nitrogens with one attached hydrogen (secondary N) is 1. The van der Waals surface area contributed by atoms with Gasteiger partial charge in [-0.05, 0) is 42.8 Å². The molecule has 0 unspecified atom stereocenters. The number of hydrogen-bond donors (Lipinski definition) is 1. The summed E-state index contributed by atoms with van der Waals surface area (Å²) in [6, 6.07) is 4.44. The lowest BCUT2D eigenvalue weighted by Crippen LogP contribution is -2.48. The lowest BCUT2D eigenvalue weighted by atomic mass is 10.1. The van der Waals surface area contributed by atoms with E-state index in [9.17, 15) is 43.9 Å². The summed E-state index contributed by atoms with van der Waals surface area (Å²) in [6.45, 7) is 0.430. The zero-order valence-corrected chi connectivity index (χ0v) is 22.1. The van der Waals surface area contributed by atoms with Gasteiger partial charge in [0.15, 0.2) is 0 Å². The summed E-state index contributed by atoms with van der Waals surface area (Å²) in [5, 5.41) is 11.2. The molecular formula is C25H19F7N6O3S. The molecule has 1 N–H and O–H groups in total. The van der Waals surface area contributed by atoms with Crippen molar-refractivity contribution in [3.63, 3.8) is 0 Å². The average molecular weight is 617 g/mol. The number of hydrogen-bond acceptors (Lipinski definition) is 7. The molecule has 0 saturated carbocycles. The van der Waals surface area contributed by atoms with Crippen LogP contribution in [0.25, 0.3) is 11.3 Å². The zero-order chi connectivity index (χ0) is 31.0. The van der Waals surface area contributed by atoms with Crippen molar-refractivity contribution in [2.24, 2.45) is 0 Å². The van der Waals surface area contributed by atoms with E-state index in [-0.39, 0.29) is 21.7 Å². The van der Waals surface area contributed by atoms with Crippen molar-refractivity contribution < 1.29 is 43.9 Å². The molecule has 1 fully saturated rings. The maximum Gasteiger partial charge on any atom is 0.451 e. The van der Waals surface area contributed by atoms with Crippen LogP contribution in [0.3, 0.4) is 0 Å². The van der Waals surface area contributed by atoms with E-state index < -0.39 is 76.5 Å². The molecule has 1 saturated heterocycles. The number of sulfonamides is 1. The Hall–Kier alpha value is -4.17. The predicted octanol–water partition coefficient (Wildman–Crippen LogP) is 4.25. The Balaban J connectivity index is 1.61. The van der Waals surface area contributed by atoms with E-state index >= 15 is 0 Å². The highest BCUT2D eigenvalue weighted by atomic mass is 32.2. The minimum absolute atomic E-state index is 0.145. The smallest absolute Gasteiger partial charge is 0.351 e. The van der Waals surface area contributed by atoms with Crippen molar-refractivity contribution in [3.8, 4) is 17.3 Å². The highest BCUT2D eigenvalue weighted by molar-refractivity contribution is 7.89. The summed E-state index contributed by atoms with van der Waals surface area (Å²) in [5.74, 6) is -2.55. The number of rotatable bonds is 6. The predicted molar refractivity (Wildman–Crippen MR) is 130 cm³/mol. The van der Waals surface area contributed by atoms with Crippen LogP contribution in [0.15, 0.2) is 53.8 Å². The first kappa shape index (κ1) is 30.8. The van der Waals surface area contributed by atoms with Crippen LogP contribution in [-0.2, 0) is 33.7 Å². The Kier molecular flexibility index (Phi) is 8.24. The maximum atomic E-state index is 14.7. The number of aromatic nitrogens is 3. The molecule has 1 amide bonds. The molecule has 0 aliphatic carbocycles. The molecule has 222 valence electrons. The van der Waals surface area contributed by atoms with E-state index in [2.05, 4.69) is 20.3 Å². The van der Waals surface area contributed by atoms with Crippen molar-refractivity contribution in [1.29, 1.82) is 5.26 Å². The number of carbonyl (C=O) groups excluding carboxylic acids is 1. The van der Waals surface area contributed by atoms with E-state index in [1.54, 1.807) is 0 Å². The van der Waals surface area contributed by atoms with Crippen LogP contribution in [0, 0.1) is 11.3 Å². The minimum atomic E-state index is -4.95. The molecule has 2 aromatic heterocycles. The topological polar surface area (TPSA) is 129 Å². The summed E-state index contributed by atoms with van der Waals surface area (Å²) in [7, 11) is -4.47. The molecule has 42 heavy (non-hydrogen) atoms. The molecule has 0 bridgehead atoms. The summed E-state index contributed by atoms with van der Waals surface area (Å²) in [5.41, 5.74) is -2.05. The number of nitriles is 1. The van der Waals surface area contributed by atoms with Crippen LogP contribution < -0.4 is 5.32 Å². The third-order valence-electron chi connectivity index (χ3n) is 6.49. The molecule has 9 nitrogen and oxygen atoms in total. The molecule has 3 atom stereocenters. The SMILES string of the molecule is C[C@H]1[C@H](F)C[C@@H](C(=O)NCc2cc(-c3cnc(C(F)(F)F)nc3)ncc2C(F)(F)F)N1S(=O)(=O)c1ccc(C#N)cc1. The normalized spacial score (nSPS) is 19.8.